The Morgan fingerprint density at radius 2 is 2.20 bits per heavy atom. The summed E-state index contributed by atoms with van der Waals surface area (Å²) in [4.78, 5) is 4.52. The van der Waals surface area contributed by atoms with Crippen LogP contribution in [0.3, 0.4) is 0 Å². The van der Waals surface area contributed by atoms with Gasteiger partial charge in [0.15, 0.2) is 0 Å². The summed E-state index contributed by atoms with van der Waals surface area (Å²) in [5, 5.41) is 4.36. The van der Waals surface area contributed by atoms with Crippen LogP contribution in [0.1, 0.15) is 37.7 Å². The van der Waals surface area contributed by atoms with E-state index in [-0.39, 0.29) is 6.04 Å². The van der Waals surface area contributed by atoms with Crippen molar-refractivity contribution in [3.05, 3.63) is 50.6 Å². The molecule has 2 aromatic rings. The van der Waals surface area contributed by atoms with E-state index in [1.54, 1.807) is 0 Å². The third-order valence-electron chi connectivity index (χ3n) is 3.22. The highest BCUT2D eigenvalue weighted by Gasteiger charge is 2.18. The zero-order chi connectivity index (χ0) is 14.5. The molecular weight excluding hydrogens is 385 g/mol. The molecule has 5 heteroatoms. The van der Waals surface area contributed by atoms with Gasteiger partial charge in [-0.3, -0.25) is 0 Å². The molecule has 1 heterocycles. The third-order valence-corrected chi connectivity index (χ3v) is 4.79. The Morgan fingerprint density at radius 3 is 2.85 bits per heavy atom. The predicted octanol–water partition coefficient (Wildman–Crippen LogP) is 4.25. The molecule has 108 valence electrons. The van der Waals surface area contributed by atoms with Crippen molar-refractivity contribution in [2.75, 3.05) is 6.54 Å². The van der Waals surface area contributed by atoms with Crippen molar-refractivity contribution in [3.8, 4) is 0 Å². The standard InChI is InChI=1S/C15H19ClIN3/c1-3-7-18-14(15-19-8-9-20(15)4-2)11-5-6-13(17)12(16)10-11/h5-6,8-10,14,18H,3-4,7H2,1-2H3. The maximum atomic E-state index is 6.26. The summed E-state index contributed by atoms with van der Waals surface area (Å²) < 4.78 is 3.24. The van der Waals surface area contributed by atoms with Gasteiger partial charge in [0.2, 0.25) is 0 Å². The van der Waals surface area contributed by atoms with Crippen molar-refractivity contribution < 1.29 is 0 Å². The summed E-state index contributed by atoms with van der Waals surface area (Å²) in [5.74, 6) is 1.04. The molecule has 0 aliphatic rings. The van der Waals surface area contributed by atoms with Crippen LogP contribution < -0.4 is 5.32 Å². The van der Waals surface area contributed by atoms with Crippen molar-refractivity contribution in [2.24, 2.45) is 0 Å². The number of aryl methyl sites for hydroxylation is 1. The summed E-state index contributed by atoms with van der Waals surface area (Å²) in [6, 6.07) is 6.29. The van der Waals surface area contributed by atoms with Gasteiger partial charge in [-0.05, 0) is 60.2 Å². The second kappa shape index (κ2) is 7.43. The Morgan fingerprint density at radius 1 is 1.40 bits per heavy atom. The van der Waals surface area contributed by atoms with E-state index in [0.717, 1.165) is 39.5 Å². The van der Waals surface area contributed by atoms with Crippen LogP contribution in [0.2, 0.25) is 5.02 Å². The summed E-state index contributed by atoms with van der Waals surface area (Å²) in [5.41, 5.74) is 1.16. The van der Waals surface area contributed by atoms with Crippen molar-refractivity contribution in [3.63, 3.8) is 0 Å². The molecule has 1 unspecified atom stereocenters. The van der Waals surface area contributed by atoms with Gasteiger partial charge in [-0.15, -0.1) is 0 Å². The van der Waals surface area contributed by atoms with Crippen LogP contribution in [0.25, 0.3) is 0 Å². The van der Waals surface area contributed by atoms with E-state index >= 15 is 0 Å². The molecule has 0 saturated carbocycles. The van der Waals surface area contributed by atoms with E-state index < -0.39 is 0 Å². The number of nitrogens with zero attached hydrogens (tertiary/aromatic N) is 2. The molecule has 0 amide bonds. The molecule has 0 bridgehead atoms. The Kier molecular flexibility index (Phi) is 5.86. The smallest absolute Gasteiger partial charge is 0.130 e. The first kappa shape index (κ1) is 15.8. The zero-order valence-electron chi connectivity index (χ0n) is 11.7. The van der Waals surface area contributed by atoms with Crippen molar-refractivity contribution in [1.29, 1.82) is 0 Å². The monoisotopic (exact) mass is 403 g/mol. The Bertz CT molecular complexity index is 568. The second-order valence-corrected chi connectivity index (χ2v) is 6.20. The lowest BCUT2D eigenvalue weighted by molar-refractivity contribution is 0.541. The van der Waals surface area contributed by atoms with Gasteiger partial charge in [0, 0.05) is 22.5 Å². The Balaban J connectivity index is 2.38. The fraction of sp³-hybridized carbons (Fsp3) is 0.400. The molecule has 1 aromatic carbocycles. The molecule has 0 aliphatic carbocycles. The van der Waals surface area contributed by atoms with Crippen molar-refractivity contribution in [2.45, 2.75) is 32.9 Å². The molecule has 1 aromatic heterocycles. The van der Waals surface area contributed by atoms with E-state index in [0.29, 0.717) is 0 Å². The molecule has 3 nitrogen and oxygen atoms in total. The van der Waals surface area contributed by atoms with E-state index in [1.807, 2.05) is 18.5 Å². The molecule has 0 saturated heterocycles. The maximum Gasteiger partial charge on any atom is 0.130 e. The molecule has 0 spiro atoms. The Hall–Kier alpha value is -0.590. The molecule has 0 aliphatic heterocycles. The maximum absolute atomic E-state index is 6.26. The van der Waals surface area contributed by atoms with Crippen LogP contribution in [0.5, 0.6) is 0 Å². The van der Waals surface area contributed by atoms with E-state index in [2.05, 4.69) is 63.4 Å². The van der Waals surface area contributed by atoms with Gasteiger partial charge in [-0.25, -0.2) is 4.98 Å². The van der Waals surface area contributed by atoms with Crippen LogP contribution in [0.4, 0.5) is 0 Å². The van der Waals surface area contributed by atoms with Gasteiger partial charge in [0.05, 0.1) is 11.1 Å². The summed E-state index contributed by atoms with van der Waals surface area (Å²) in [6.45, 7) is 6.16. The quantitative estimate of drug-likeness (QED) is 0.731. The number of hydrogen-bond acceptors (Lipinski definition) is 2. The first-order chi connectivity index (χ1) is 9.67. The lowest BCUT2D eigenvalue weighted by Gasteiger charge is -2.20. The van der Waals surface area contributed by atoms with Crippen molar-refractivity contribution >= 4 is 34.2 Å². The van der Waals surface area contributed by atoms with E-state index in [9.17, 15) is 0 Å². The van der Waals surface area contributed by atoms with Gasteiger partial charge in [-0.1, -0.05) is 24.6 Å². The highest BCUT2D eigenvalue weighted by molar-refractivity contribution is 14.1. The topological polar surface area (TPSA) is 29.9 Å². The number of rotatable bonds is 6. The lowest BCUT2D eigenvalue weighted by atomic mass is 10.1. The minimum atomic E-state index is 0.0828. The van der Waals surface area contributed by atoms with Gasteiger partial charge >= 0.3 is 0 Å². The zero-order valence-corrected chi connectivity index (χ0v) is 14.6. The van der Waals surface area contributed by atoms with Gasteiger partial charge in [-0.2, -0.15) is 0 Å². The number of halogens is 2. The first-order valence-corrected chi connectivity index (χ1v) is 8.32. The number of hydrogen-bond donors (Lipinski definition) is 1. The number of benzene rings is 1. The fourth-order valence-corrected chi connectivity index (χ4v) is 2.71. The highest BCUT2D eigenvalue weighted by atomic mass is 127. The normalized spacial score (nSPS) is 12.6. The number of nitrogens with one attached hydrogen (secondary N) is 1. The second-order valence-electron chi connectivity index (χ2n) is 4.63. The Labute approximate surface area is 138 Å². The average molecular weight is 404 g/mol. The summed E-state index contributed by atoms with van der Waals surface area (Å²) >= 11 is 8.51. The molecule has 0 fully saturated rings. The molecule has 1 atom stereocenters. The molecular formula is C15H19ClIN3. The summed E-state index contributed by atoms with van der Waals surface area (Å²) in [6.07, 6.45) is 4.96. The fourth-order valence-electron chi connectivity index (χ4n) is 2.19. The minimum absolute atomic E-state index is 0.0828. The van der Waals surface area contributed by atoms with Crippen LogP contribution in [-0.4, -0.2) is 16.1 Å². The summed E-state index contributed by atoms with van der Waals surface area (Å²) in [7, 11) is 0. The third kappa shape index (κ3) is 3.54. The first-order valence-electron chi connectivity index (χ1n) is 6.86. The number of imidazole rings is 1. The van der Waals surface area contributed by atoms with Crippen LogP contribution >= 0.6 is 34.2 Å². The molecule has 20 heavy (non-hydrogen) atoms. The van der Waals surface area contributed by atoms with Gasteiger partial charge < -0.3 is 9.88 Å². The predicted molar refractivity (Wildman–Crippen MR) is 92.2 cm³/mol. The van der Waals surface area contributed by atoms with E-state index in [1.165, 1.54) is 0 Å². The van der Waals surface area contributed by atoms with Gasteiger partial charge in [0.1, 0.15) is 5.82 Å². The number of aromatic nitrogens is 2. The average Bonchev–Trinajstić information content (AvgIpc) is 2.91. The lowest BCUT2D eigenvalue weighted by Crippen LogP contribution is -2.26. The molecule has 1 N–H and O–H groups in total. The van der Waals surface area contributed by atoms with Crippen LogP contribution in [0.15, 0.2) is 30.6 Å². The largest absolute Gasteiger partial charge is 0.334 e. The minimum Gasteiger partial charge on any atom is -0.334 e. The van der Waals surface area contributed by atoms with Crippen LogP contribution in [-0.2, 0) is 6.54 Å². The molecule has 0 radical (unpaired) electrons. The van der Waals surface area contributed by atoms with Gasteiger partial charge in [0.25, 0.3) is 0 Å². The van der Waals surface area contributed by atoms with Crippen LogP contribution in [0, 0.1) is 3.57 Å². The molecule has 2 rings (SSSR count). The highest BCUT2D eigenvalue weighted by Crippen LogP contribution is 2.26. The van der Waals surface area contributed by atoms with Crippen molar-refractivity contribution in [1.82, 2.24) is 14.9 Å². The SMILES string of the molecule is CCCNC(c1ccc(I)c(Cl)c1)c1nccn1CC. The van der Waals surface area contributed by atoms with E-state index in [4.69, 9.17) is 11.6 Å².